The molecule has 0 amide bonds. The zero-order valence-corrected chi connectivity index (χ0v) is 10.6. The molecule has 1 aliphatic heterocycles. The Morgan fingerprint density at radius 3 is 3.00 bits per heavy atom. The van der Waals surface area contributed by atoms with E-state index in [1.807, 2.05) is 0 Å². The lowest BCUT2D eigenvalue weighted by Gasteiger charge is -2.15. The Labute approximate surface area is 113 Å². The zero-order valence-electron chi connectivity index (χ0n) is 9.86. The van der Waals surface area contributed by atoms with Gasteiger partial charge in [-0.25, -0.2) is 4.79 Å². The first-order valence-electron chi connectivity index (χ1n) is 5.70. The first-order chi connectivity index (χ1) is 9.06. The van der Waals surface area contributed by atoms with Crippen molar-refractivity contribution in [1.29, 1.82) is 0 Å². The Morgan fingerprint density at radius 1 is 1.63 bits per heavy atom. The van der Waals surface area contributed by atoms with Crippen LogP contribution in [0.25, 0.3) is 0 Å². The number of rotatable bonds is 4. The first kappa shape index (κ1) is 14.2. The summed E-state index contributed by atoms with van der Waals surface area (Å²) >= 11 is 5.81. The molecule has 1 saturated heterocycles. The average Bonchev–Trinajstić information content (AvgIpc) is 2.73. The predicted octanol–water partition coefficient (Wildman–Crippen LogP) is -0.271. The average molecular weight is 292 g/mol. The summed E-state index contributed by atoms with van der Waals surface area (Å²) in [5, 5.41) is 27.4. The molecule has 9 heteroatoms. The molecule has 8 nitrogen and oxygen atoms in total. The molecular weight excluding hydrogens is 278 g/mol. The van der Waals surface area contributed by atoms with Gasteiger partial charge in [0.05, 0.1) is 12.2 Å². The van der Waals surface area contributed by atoms with E-state index in [0.717, 1.165) is 4.57 Å². The molecule has 1 aromatic rings. The van der Waals surface area contributed by atoms with Gasteiger partial charge in [0, 0.05) is 19.2 Å². The number of anilines is 1. The summed E-state index contributed by atoms with van der Waals surface area (Å²) in [5.41, 5.74) is 1.05. The van der Waals surface area contributed by atoms with E-state index in [9.17, 15) is 9.90 Å². The number of aliphatic hydroxyl groups is 2. The number of hydrogen-bond acceptors (Lipinski definition) is 7. The van der Waals surface area contributed by atoms with Crippen LogP contribution in [0.5, 0.6) is 0 Å². The highest BCUT2D eigenvalue weighted by Crippen LogP contribution is 2.30. The van der Waals surface area contributed by atoms with E-state index in [4.69, 9.17) is 26.7 Å². The smallest absolute Gasteiger partial charge is 0.351 e. The van der Waals surface area contributed by atoms with Crippen LogP contribution in [-0.2, 0) is 4.74 Å². The summed E-state index contributed by atoms with van der Waals surface area (Å²) < 4.78 is 6.62. The zero-order chi connectivity index (χ0) is 14.0. The van der Waals surface area contributed by atoms with Gasteiger partial charge in [0.1, 0.15) is 11.3 Å². The lowest BCUT2D eigenvalue weighted by Crippen LogP contribution is -2.27. The first-order valence-corrected chi connectivity index (χ1v) is 6.07. The van der Waals surface area contributed by atoms with Crippen LogP contribution in [0.2, 0.25) is 5.02 Å². The summed E-state index contributed by atoms with van der Waals surface area (Å²) in [4.78, 5) is 15.3. The van der Waals surface area contributed by atoms with Crippen LogP contribution in [-0.4, -0.2) is 43.8 Å². The maximum absolute atomic E-state index is 11.7. The largest absolute Gasteiger partial charge is 0.396 e. The minimum atomic E-state index is -0.765. The lowest BCUT2D eigenvalue weighted by atomic mass is 10.1. The predicted molar refractivity (Wildman–Crippen MR) is 65.2 cm³/mol. The second-order valence-electron chi connectivity index (χ2n) is 4.18. The van der Waals surface area contributed by atoms with Crippen LogP contribution < -0.4 is 11.2 Å². The third-order valence-corrected chi connectivity index (χ3v) is 3.22. The number of halogens is 1. The second-order valence-corrected chi connectivity index (χ2v) is 4.59. The number of aromatic nitrogens is 2. The van der Waals surface area contributed by atoms with E-state index < -0.39 is 24.1 Å². The molecule has 0 bridgehead atoms. The normalized spacial score (nSPS) is 26.6. The van der Waals surface area contributed by atoms with Crippen molar-refractivity contribution >= 4 is 17.4 Å². The van der Waals surface area contributed by atoms with Gasteiger partial charge < -0.3 is 14.9 Å². The van der Waals surface area contributed by atoms with Gasteiger partial charge in [-0.15, -0.1) is 0 Å². The molecule has 1 aromatic heterocycles. The number of ether oxygens (including phenoxy) is 1. The molecule has 2 rings (SSSR count). The standard InChI is InChI=1S/C10H14ClN3O5/c11-5-4-14(10(17)12-9(5)13-18)8-3-6(16)7(19-8)1-2-15/h4,6-8,15-16,18H,1-3H2,(H,12,13,17)/t6-,7?,8+/m0/s1. The number of nitrogens with one attached hydrogen (secondary N) is 1. The van der Waals surface area contributed by atoms with Crippen molar-refractivity contribution in [2.24, 2.45) is 0 Å². The second kappa shape index (κ2) is 5.85. The molecule has 4 N–H and O–H groups in total. The maximum atomic E-state index is 11.7. The molecule has 1 aliphatic rings. The highest BCUT2D eigenvalue weighted by atomic mass is 35.5. The van der Waals surface area contributed by atoms with Crippen molar-refractivity contribution in [3.05, 3.63) is 21.7 Å². The maximum Gasteiger partial charge on any atom is 0.351 e. The Kier molecular flexibility index (Phi) is 4.38. The molecule has 0 aromatic carbocycles. The van der Waals surface area contributed by atoms with E-state index in [-0.39, 0.29) is 30.3 Å². The van der Waals surface area contributed by atoms with Crippen molar-refractivity contribution in [2.45, 2.75) is 31.3 Å². The monoisotopic (exact) mass is 291 g/mol. The Morgan fingerprint density at radius 2 is 2.37 bits per heavy atom. The SMILES string of the molecule is O=c1nc(NO)c(Cl)cn1[C@H]1C[C@H](O)C(CCO)O1. The molecule has 0 spiro atoms. The fourth-order valence-electron chi connectivity index (χ4n) is 2.00. The molecule has 3 atom stereocenters. The van der Waals surface area contributed by atoms with Crippen molar-refractivity contribution in [3.63, 3.8) is 0 Å². The van der Waals surface area contributed by atoms with E-state index >= 15 is 0 Å². The van der Waals surface area contributed by atoms with E-state index in [1.54, 1.807) is 5.48 Å². The highest BCUT2D eigenvalue weighted by Gasteiger charge is 2.35. The quantitative estimate of drug-likeness (QED) is 0.564. The number of aliphatic hydroxyl groups excluding tert-OH is 2. The summed E-state index contributed by atoms with van der Waals surface area (Å²) in [6.07, 6.45) is -0.237. The Balaban J connectivity index is 2.24. The lowest BCUT2D eigenvalue weighted by molar-refractivity contribution is -0.0306. The molecule has 19 heavy (non-hydrogen) atoms. The van der Waals surface area contributed by atoms with Gasteiger partial charge >= 0.3 is 5.69 Å². The Bertz CT molecular complexity index is 508. The minimum absolute atomic E-state index is 0.0470. The molecule has 0 radical (unpaired) electrons. The van der Waals surface area contributed by atoms with Crippen LogP contribution in [0.3, 0.4) is 0 Å². The molecule has 0 saturated carbocycles. The highest BCUT2D eigenvalue weighted by molar-refractivity contribution is 6.32. The third kappa shape index (κ3) is 2.88. The fraction of sp³-hybridized carbons (Fsp3) is 0.600. The van der Waals surface area contributed by atoms with Gasteiger partial charge in [-0.05, 0) is 6.42 Å². The third-order valence-electron chi connectivity index (χ3n) is 2.94. The van der Waals surface area contributed by atoms with Gasteiger partial charge in [0.25, 0.3) is 0 Å². The molecular formula is C10H14ClN3O5. The summed E-state index contributed by atoms with van der Waals surface area (Å²) in [5.74, 6) is -0.145. The van der Waals surface area contributed by atoms with Gasteiger partial charge in [-0.2, -0.15) is 4.98 Å². The van der Waals surface area contributed by atoms with Crippen molar-refractivity contribution in [3.8, 4) is 0 Å². The topological polar surface area (TPSA) is 117 Å². The number of hydrogen-bond donors (Lipinski definition) is 4. The van der Waals surface area contributed by atoms with Crippen molar-refractivity contribution in [2.75, 3.05) is 12.1 Å². The van der Waals surface area contributed by atoms with Gasteiger partial charge in [-0.3, -0.25) is 15.3 Å². The van der Waals surface area contributed by atoms with Gasteiger partial charge in [0.15, 0.2) is 5.82 Å². The summed E-state index contributed by atoms with van der Waals surface area (Å²) in [7, 11) is 0. The molecule has 0 aliphatic carbocycles. The van der Waals surface area contributed by atoms with Crippen molar-refractivity contribution < 1.29 is 20.2 Å². The van der Waals surface area contributed by atoms with Gasteiger partial charge in [0.2, 0.25) is 0 Å². The van der Waals surface area contributed by atoms with E-state index in [1.165, 1.54) is 6.20 Å². The van der Waals surface area contributed by atoms with Crippen LogP contribution in [0.4, 0.5) is 5.82 Å². The fourth-order valence-corrected chi connectivity index (χ4v) is 2.19. The summed E-state index contributed by atoms with van der Waals surface area (Å²) in [6, 6.07) is 0. The molecule has 1 unspecified atom stereocenters. The summed E-state index contributed by atoms with van der Waals surface area (Å²) in [6.45, 7) is -0.115. The molecule has 1 fully saturated rings. The van der Waals surface area contributed by atoms with Crippen LogP contribution in [0, 0.1) is 0 Å². The van der Waals surface area contributed by atoms with Crippen LogP contribution in [0.15, 0.2) is 11.0 Å². The van der Waals surface area contributed by atoms with Crippen LogP contribution in [0.1, 0.15) is 19.1 Å². The number of nitrogens with zero attached hydrogens (tertiary/aromatic N) is 2. The van der Waals surface area contributed by atoms with Crippen molar-refractivity contribution in [1.82, 2.24) is 9.55 Å². The minimum Gasteiger partial charge on any atom is -0.396 e. The molecule has 2 heterocycles. The van der Waals surface area contributed by atoms with E-state index in [0.29, 0.717) is 0 Å². The molecule has 106 valence electrons. The van der Waals surface area contributed by atoms with Crippen LogP contribution >= 0.6 is 11.6 Å². The van der Waals surface area contributed by atoms with E-state index in [2.05, 4.69) is 4.98 Å². The van der Waals surface area contributed by atoms with Gasteiger partial charge in [-0.1, -0.05) is 11.6 Å². The Hall–Kier alpha value is -1.19.